The molecule has 78 heavy (non-hydrogen) atoms. The molecule has 9 bridgehead atoms. The molecule has 0 unspecified atom stereocenters. The van der Waals surface area contributed by atoms with Crippen molar-refractivity contribution >= 4 is 45.7 Å². The summed E-state index contributed by atoms with van der Waals surface area (Å²) >= 11 is 1.54. The monoisotopic (exact) mass is 1090 g/mol. The van der Waals surface area contributed by atoms with Crippen molar-refractivity contribution < 1.29 is 38.1 Å². The number of esters is 1. The number of pyridine rings is 1. The van der Waals surface area contributed by atoms with E-state index in [-0.39, 0.29) is 54.2 Å². The Morgan fingerprint density at radius 3 is 2.47 bits per heavy atom. The Kier molecular flexibility index (Phi) is 13.7. The number of piperazine rings is 1. The number of hydrogen-bond donors (Lipinski definition) is 2. The molecule has 18 heteroatoms. The van der Waals surface area contributed by atoms with E-state index in [9.17, 15) is 9.59 Å². The molecule has 1 aromatic carbocycles. The van der Waals surface area contributed by atoms with Gasteiger partial charge in [-0.2, -0.15) is 0 Å². The van der Waals surface area contributed by atoms with Crippen LogP contribution in [0.3, 0.4) is 0 Å². The highest BCUT2D eigenvalue weighted by molar-refractivity contribution is 7.10. The average molecular weight is 1090 g/mol. The van der Waals surface area contributed by atoms with Gasteiger partial charge in [-0.1, -0.05) is 19.9 Å². The molecule has 11 heterocycles. The van der Waals surface area contributed by atoms with Crippen molar-refractivity contribution in [1.82, 2.24) is 40.1 Å². The summed E-state index contributed by atoms with van der Waals surface area (Å²) in [5.41, 5.74) is 8.62. The third-order valence-corrected chi connectivity index (χ3v) is 20.2. The summed E-state index contributed by atoms with van der Waals surface area (Å²) in [6, 6.07) is 8.23. The lowest BCUT2D eigenvalue weighted by atomic mass is 9.66. The third kappa shape index (κ3) is 9.68. The minimum absolute atomic E-state index is 0.0149. The Morgan fingerprint density at radius 1 is 0.974 bits per heavy atom. The number of carbonyl (C=O) groups excluding carboxylic acids is 3. The molecule has 15 rings (SSSR count). The van der Waals surface area contributed by atoms with Crippen molar-refractivity contribution in [3.05, 3.63) is 52.1 Å². The van der Waals surface area contributed by atoms with Gasteiger partial charge in [-0.3, -0.25) is 29.4 Å². The first-order chi connectivity index (χ1) is 37.5. The fraction of sp³-hybridized carbons (Fsp3) is 0.683. The number of thiazole rings is 1. The number of carbonyl (C=O) groups is 3. The first kappa shape index (κ1) is 52.8. The molecule has 3 aliphatic carbocycles. The number of amides is 2. The normalized spacial score (nSPS) is 32.3. The molecule has 0 radical (unpaired) electrons. The zero-order valence-corrected chi connectivity index (χ0v) is 47.8. The Labute approximate surface area is 463 Å². The van der Waals surface area contributed by atoms with E-state index in [1.807, 2.05) is 13.1 Å². The predicted molar refractivity (Wildman–Crippen MR) is 298 cm³/mol. The number of likely N-dealkylation sites (tertiary alicyclic amines) is 1. The maximum Gasteiger partial charge on any atom is 0.328 e. The summed E-state index contributed by atoms with van der Waals surface area (Å²) in [6.45, 7) is 20.6. The van der Waals surface area contributed by atoms with Gasteiger partial charge < -0.3 is 38.5 Å². The van der Waals surface area contributed by atoms with Crippen LogP contribution in [0.15, 0.2) is 35.8 Å². The number of rotatable bonds is 12. The van der Waals surface area contributed by atoms with E-state index in [0.29, 0.717) is 64.3 Å². The van der Waals surface area contributed by atoms with E-state index in [0.717, 1.165) is 126 Å². The van der Waals surface area contributed by atoms with Crippen LogP contribution in [0.1, 0.15) is 134 Å². The molecule has 8 aliphatic heterocycles. The molecule has 2 amide bonds. The molecule has 1 spiro atoms. The van der Waals surface area contributed by atoms with Gasteiger partial charge in [0.05, 0.1) is 72.1 Å². The van der Waals surface area contributed by atoms with Crippen LogP contribution in [0.2, 0.25) is 0 Å². The Morgan fingerprint density at radius 2 is 1.76 bits per heavy atom. The lowest BCUT2D eigenvalue weighted by Gasteiger charge is -2.55. The van der Waals surface area contributed by atoms with Crippen LogP contribution in [0.5, 0.6) is 0 Å². The Bertz CT molecular complexity index is 2940. The van der Waals surface area contributed by atoms with Gasteiger partial charge in [0.2, 0.25) is 0 Å². The number of fused-ring (bicyclic) bond motifs is 5. The zero-order chi connectivity index (χ0) is 53.9. The van der Waals surface area contributed by atoms with Crippen LogP contribution in [-0.2, 0) is 51.0 Å². The molecule has 5 atom stereocenters. The van der Waals surface area contributed by atoms with E-state index in [1.165, 1.54) is 24.2 Å². The maximum absolute atomic E-state index is 15.4. The molecule has 11 aliphatic rings. The summed E-state index contributed by atoms with van der Waals surface area (Å²) in [4.78, 5) is 63.1. The van der Waals surface area contributed by atoms with Gasteiger partial charge >= 0.3 is 5.97 Å². The number of methoxy groups -OCH3 is 1. The summed E-state index contributed by atoms with van der Waals surface area (Å²) < 4.78 is 34.4. The lowest BCUT2D eigenvalue weighted by Crippen LogP contribution is -2.75. The quantitative estimate of drug-likeness (QED) is 0.133. The summed E-state index contributed by atoms with van der Waals surface area (Å²) in [5, 5.41) is 8.89. The second-order valence-corrected chi connectivity index (χ2v) is 27.0. The smallest absolute Gasteiger partial charge is 0.328 e. The third-order valence-electron chi connectivity index (χ3n) is 19.2. The second kappa shape index (κ2) is 20.2. The van der Waals surface area contributed by atoms with Crippen LogP contribution in [-0.4, -0.2) is 161 Å². The zero-order valence-electron chi connectivity index (χ0n) is 46.9. The van der Waals surface area contributed by atoms with Gasteiger partial charge in [0.15, 0.2) is 0 Å². The van der Waals surface area contributed by atoms with Gasteiger partial charge in [-0.25, -0.2) is 15.2 Å². The number of hydrazine groups is 1. The van der Waals surface area contributed by atoms with Crippen molar-refractivity contribution in [1.29, 1.82) is 0 Å². The molecule has 7 saturated heterocycles. The fourth-order valence-corrected chi connectivity index (χ4v) is 15.7. The molecule has 2 N–H and O–H groups in total. The number of cyclic esters (lactones) is 1. The summed E-state index contributed by atoms with van der Waals surface area (Å²) in [7, 11) is 1.75. The lowest BCUT2D eigenvalue weighted by molar-refractivity contribution is -0.180. The number of nitrogens with one attached hydrogen (secondary N) is 2. The first-order valence-corrected chi connectivity index (χ1v) is 30.2. The molecule has 10 fully saturated rings. The maximum atomic E-state index is 15.4. The number of benzene rings is 1. The van der Waals surface area contributed by atoms with E-state index in [4.69, 9.17) is 33.7 Å². The largest absolute Gasteiger partial charge is 0.464 e. The highest BCUT2D eigenvalue weighted by Crippen LogP contribution is 2.53. The van der Waals surface area contributed by atoms with Crippen LogP contribution in [0.25, 0.3) is 33.4 Å². The first-order valence-electron chi connectivity index (χ1n) is 29.4. The van der Waals surface area contributed by atoms with Crippen LogP contribution in [0.4, 0.5) is 5.69 Å². The highest BCUT2D eigenvalue weighted by Gasteiger charge is 2.62. The van der Waals surface area contributed by atoms with Gasteiger partial charge in [-0.15, -0.1) is 11.3 Å². The van der Waals surface area contributed by atoms with Gasteiger partial charge in [0.1, 0.15) is 22.2 Å². The number of anilines is 1. The average Bonchev–Trinajstić information content (AvgIpc) is 3.92. The molecule has 17 nitrogen and oxygen atoms in total. The van der Waals surface area contributed by atoms with E-state index >= 15 is 4.79 Å². The SMILES string of the molecule is CO[C@@H](C)c1ncc(N2CCN(C3CC3)CC2)cc1-c1c2c3cc(ccc3n1CCO[C@H]1CCOC(C)(C)C1)-c1csc(n1)[C@@H](N1CCCC1)[C@H](NC(=O)C13CC(C1)[C@H](C)O3)C(=O)N1CC3CC(C3)(N1)C(=O)OCC(C)(C)C2. The van der Waals surface area contributed by atoms with Gasteiger partial charge in [0.25, 0.3) is 11.8 Å². The van der Waals surface area contributed by atoms with Crippen LogP contribution >= 0.6 is 11.3 Å². The Hall–Kier alpha value is -4.53. The standard InChI is InChI=1S/C60H81N9O8S/c1-36-40-28-60(29-40,77-36)55(71)63-50-52(67-15-8-9-16-67)53-62-47(34-78-53)39-10-13-48-44(24-39)46(31-57(3,4)35-75-56(72)59-26-38(27-59)33-69(64-59)54(50)70)51(68(48)21-23-74-43-14-22-76-58(5,6)30-43)45-25-42(32-61-49(45)37(2)73-7)66-19-17-65(18-20-66)41-11-12-41/h10,13,24-25,32,34,36-38,40-41,43,50,52,64H,8-9,11-12,14-23,26-31,33,35H2,1-7H3,(H,63,71)/t36-,37-,38?,40?,43-,50-,52-,59?,60?/m0/s1. The predicted octanol–water partition coefficient (Wildman–Crippen LogP) is 7.60. The van der Waals surface area contributed by atoms with Gasteiger partial charge in [-0.05, 0) is 141 Å². The van der Waals surface area contributed by atoms with Crippen molar-refractivity contribution in [2.45, 2.75) is 172 Å². The van der Waals surface area contributed by atoms with Crippen molar-refractivity contribution in [2.24, 2.45) is 17.3 Å². The van der Waals surface area contributed by atoms with E-state index in [2.05, 4.69) is 94.3 Å². The Balaban J connectivity index is 0.954. The van der Waals surface area contributed by atoms with Crippen LogP contribution < -0.4 is 15.6 Å². The molecule has 420 valence electrons. The highest BCUT2D eigenvalue weighted by atomic mass is 32.1. The van der Waals surface area contributed by atoms with Gasteiger partial charge in [0, 0.05) is 98.3 Å². The minimum atomic E-state index is -1.06. The molecule has 3 saturated carbocycles. The second-order valence-electron chi connectivity index (χ2n) is 26.1. The van der Waals surface area contributed by atoms with Crippen molar-refractivity contribution in [3.8, 4) is 22.5 Å². The molecule has 3 aromatic heterocycles. The summed E-state index contributed by atoms with van der Waals surface area (Å²) in [6.07, 6.45) is 11.0. The molecule has 4 aromatic rings. The number of nitrogens with zero attached hydrogens (tertiary/aromatic N) is 7. The number of hydrogen-bond acceptors (Lipinski definition) is 15. The number of ether oxygens (including phenoxy) is 5. The van der Waals surface area contributed by atoms with Crippen molar-refractivity contribution in [2.75, 3.05) is 77.6 Å². The van der Waals surface area contributed by atoms with E-state index < -0.39 is 28.6 Å². The fourth-order valence-electron chi connectivity index (χ4n) is 14.7. The van der Waals surface area contributed by atoms with Crippen LogP contribution in [0, 0.1) is 17.3 Å². The molecular formula is C60H81N9O8S. The topological polar surface area (TPSA) is 165 Å². The van der Waals surface area contributed by atoms with Crippen molar-refractivity contribution in [3.63, 3.8) is 0 Å². The minimum Gasteiger partial charge on any atom is -0.464 e. The number of aromatic nitrogens is 3. The molecular weight excluding hydrogens is 1010 g/mol. The summed E-state index contributed by atoms with van der Waals surface area (Å²) in [5.74, 6) is -0.434. The van der Waals surface area contributed by atoms with E-state index in [1.54, 1.807) is 12.1 Å².